The third-order valence-electron chi connectivity index (χ3n) is 3.70. The molecule has 0 saturated carbocycles. The van der Waals surface area contributed by atoms with Crippen LogP contribution in [0.3, 0.4) is 0 Å². The molecular formula is C21H17ClO3S. The number of ether oxygens (including phenoxy) is 1. The van der Waals surface area contributed by atoms with E-state index in [-0.39, 0.29) is 0 Å². The third kappa shape index (κ3) is 5.04. The van der Waals surface area contributed by atoms with Crippen LogP contribution in [0.4, 0.5) is 0 Å². The van der Waals surface area contributed by atoms with E-state index >= 15 is 0 Å². The smallest absolute Gasteiger partial charge is 0.317 e. The van der Waals surface area contributed by atoms with Crippen molar-refractivity contribution in [2.24, 2.45) is 0 Å². The third-order valence-corrected chi connectivity index (χ3v) is 5.13. The molecule has 3 aromatic rings. The molecule has 3 nitrogen and oxygen atoms in total. The van der Waals surface area contributed by atoms with Crippen LogP contribution in [0.25, 0.3) is 0 Å². The number of para-hydroxylation sites is 1. The van der Waals surface area contributed by atoms with Crippen LogP contribution in [-0.4, -0.2) is 16.3 Å². The molecule has 1 N–H and O–H groups in total. The number of carbonyl (C=O) groups is 1. The highest BCUT2D eigenvalue weighted by atomic mass is 35.5. The molecule has 0 aromatic heterocycles. The Morgan fingerprint density at radius 2 is 1.65 bits per heavy atom. The minimum Gasteiger partial charge on any atom is -0.480 e. The van der Waals surface area contributed by atoms with E-state index in [1.807, 2.05) is 60.7 Å². The highest BCUT2D eigenvalue weighted by Crippen LogP contribution is 2.32. The Kier molecular flexibility index (Phi) is 6.21. The summed E-state index contributed by atoms with van der Waals surface area (Å²) in [6.07, 6.45) is 0.303. The Labute approximate surface area is 161 Å². The predicted octanol–water partition coefficient (Wildman–Crippen LogP) is 5.92. The number of carboxylic acids is 1. The van der Waals surface area contributed by atoms with E-state index in [0.717, 1.165) is 10.5 Å². The van der Waals surface area contributed by atoms with Gasteiger partial charge in [0.25, 0.3) is 0 Å². The molecule has 0 heterocycles. The van der Waals surface area contributed by atoms with Crippen LogP contribution in [-0.2, 0) is 11.2 Å². The van der Waals surface area contributed by atoms with Crippen molar-refractivity contribution in [3.63, 3.8) is 0 Å². The van der Waals surface area contributed by atoms with Crippen molar-refractivity contribution in [2.45, 2.75) is 16.6 Å². The van der Waals surface area contributed by atoms with E-state index in [9.17, 15) is 9.90 Å². The lowest BCUT2D eigenvalue weighted by atomic mass is 10.1. The van der Waals surface area contributed by atoms with E-state index in [2.05, 4.69) is 0 Å². The molecule has 0 unspecified atom stereocenters. The van der Waals surface area contributed by atoms with Crippen molar-refractivity contribution in [1.29, 1.82) is 0 Å². The molecule has 0 saturated heterocycles. The first kappa shape index (κ1) is 18.4. The molecule has 3 aromatic carbocycles. The number of hydrogen-bond acceptors (Lipinski definition) is 3. The monoisotopic (exact) mass is 384 g/mol. The number of carboxylic acid groups (broad SMARTS) is 1. The van der Waals surface area contributed by atoms with Crippen molar-refractivity contribution in [3.8, 4) is 11.5 Å². The van der Waals surface area contributed by atoms with E-state index in [4.69, 9.17) is 16.3 Å². The Balaban J connectivity index is 1.84. The lowest BCUT2D eigenvalue weighted by Crippen LogP contribution is -2.19. The summed E-state index contributed by atoms with van der Waals surface area (Å²) < 4.78 is 5.93. The van der Waals surface area contributed by atoms with Gasteiger partial charge in [-0.15, -0.1) is 11.8 Å². The summed E-state index contributed by atoms with van der Waals surface area (Å²) in [6.45, 7) is 0. The molecular weight excluding hydrogens is 368 g/mol. The Morgan fingerprint density at radius 3 is 2.31 bits per heavy atom. The highest BCUT2D eigenvalue weighted by molar-refractivity contribution is 8.00. The maximum Gasteiger partial charge on any atom is 0.317 e. The van der Waals surface area contributed by atoms with Crippen LogP contribution >= 0.6 is 23.4 Å². The molecule has 0 aliphatic rings. The number of halogens is 1. The molecule has 0 fully saturated rings. The topological polar surface area (TPSA) is 46.5 Å². The fraction of sp³-hybridized carbons (Fsp3) is 0.0952. The van der Waals surface area contributed by atoms with Crippen LogP contribution < -0.4 is 4.74 Å². The zero-order chi connectivity index (χ0) is 18.4. The summed E-state index contributed by atoms with van der Waals surface area (Å²) in [6, 6.07) is 24.2. The van der Waals surface area contributed by atoms with Gasteiger partial charge in [0.1, 0.15) is 16.7 Å². The van der Waals surface area contributed by atoms with Gasteiger partial charge in [-0.2, -0.15) is 0 Å². The molecule has 3 rings (SSSR count). The van der Waals surface area contributed by atoms with Gasteiger partial charge in [-0.25, -0.2) is 0 Å². The minimum absolute atomic E-state index is 0.303. The summed E-state index contributed by atoms with van der Waals surface area (Å²) in [7, 11) is 0. The van der Waals surface area contributed by atoms with E-state index in [0.29, 0.717) is 22.9 Å². The van der Waals surface area contributed by atoms with Crippen molar-refractivity contribution in [1.82, 2.24) is 0 Å². The van der Waals surface area contributed by atoms with Gasteiger partial charge in [0.05, 0.1) is 0 Å². The molecule has 132 valence electrons. The molecule has 0 aliphatic carbocycles. The van der Waals surface area contributed by atoms with Crippen molar-refractivity contribution < 1.29 is 14.6 Å². The molecule has 26 heavy (non-hydrogen) atoms. The largest absolute Gasteiger partial charge is 0.480 e. The first-order chi connectivity index (χ1) is 12.6. The highest BCUT2D eigenvalue weighted by Gasteiger charge is 2.22. The fourth-order valence-electron chi connectivity index (χ4n) is 2.47. The second-order valence-electron chi connectivity index (χ2n) is 5.63. The number of benzene rings is 3. The zero-order valence-electron chi connectivity index (χ0n) is 13.8. The second-order valence-corrected chi connectivity index (χ2v) is 7.34. The summed E-state index contributed by atoms with van der Waals surface area (Å²) in [4.78, 5) is 12.7. The van der Waals surface area contributed by atoms with E-state index in [1.165, 1.54) is 11.8 Å². The molecule has 1 atom stereocenters. The summed E-state index contributed by atoms with van der Waals surface area (Å²) in [5.41, 5.74) is 0.761. The Morgan fingerprint density at radius 1 is 1.00 bits per heavy atom. The van der Waals surface area contributed by atoms with Crippen LogP contribution in [0.15, 0.2) is 83.8 Å². The van der Waals surface area contributed by atoms with Crippen LogP contribution in [0.5, 0.6) is 11.5 Å². The van der Waals surface area contributed by atoms with Gasteiger partial charge < -0.3 is 9.84 Å². The lowest BCUT2D eigenvalue weighted by molar-refractivity contribution is -0.136. The quantitative estimate of drug-likeness (QED) is 0.513. The van der Waals surface area contributed by atoms with Gasteiger partial charge in [0.15, 0.2) is 0 Å². The Bertz CT molecular complexity index is 869. The molecule has 0 aliphatic heterocycles. The average molecular weight is 385 g/mol. The van der Waals surface area contributed by atoms with Crippen LogP contribution in [0.1, 0.15) is 5.56 Å². The first-order valence-electron chi connectivity index (χ1n) is 8.07. The minimum atomic E-state index is -0.871. The summed E-state index contributed by atoms with van der Waals surface area (Å²) in [5.74, 6) is 0.434. The normalized spacial score (nSPS) is 11.7. The average Bonchev–Trinajstić information content (AvgIpc) is 2.65. The van der Waals surface area contributed by atoms with Crippen molar-refractivity contribution in [3.05, 3.63) is 89.4 Å². The number of rotatable bonds is 7. The Hall–Kier alpha value is -2.43. The van der Waals surface area contributed by atoms with Gasteiger partial charge in [-0.1, -0.05) is 48.0 Å². The van der Waals surface area contributed by atoms with Gasteiger partial charge >= 0.3 is 5.97 Å². The standard InChI is InChI=1S/C21H17ClO3S/c22-16-11-12-19(25-17-7-3-1-4-8-17)15(13-16)14-20(21(23)24)26-18-9-5-2-6-10-18/h1-13,20H,14H2,(H,23,24)/t20-/m0/s1. The molecule has 0 radical (unpaired) electrons. The molecule has 0 spiro atoms. The number of hydrogen-bond donors (Lipinski definition) is 1. The molecule has 0 amide bonds. The second kappa shape index (κ2) is 8.79. The van der Waals surface area contributed by atoms with Crippen LogP contribution in [0.2, 0.25) is 5.02 Å². The van der Waals surface area contributed by atoms with Crippen molar-refractivity contribution >= 4 is 29.3 Å². The summed E-state index contributed by atoms with van der Waals surface area (Å²) in [5, 5.41) is 9.56. The van der Waals surface area contributed by atoms with Crippen LogP contribution in [0, 0.1) is 0 Å². The lowest BCUT2D eigenvalue weighted by Gasteiger charge is -2.16. The number of thioether (sulfide) groups is 1. The molecule has 5 heteroatoms. The summed E-state index contributed by atoms with van der Waals surface area (Å²) >= 11 is 7.45. The van der Waals surface area contributed by atoms with E-state index < -0.39 is 11.2 Å². The van der Waals surface area contributed by atoms with Crippen molar-refractivity contribution in [2.75, 3.05) is 0 Å². The van der Waals surface area contributed by atoms with Gasteiger partial charge in [-0.05, 0) is 54.4 Å². The zero-order valence-corrected chi connectivity index (χ0v) is 15.4. The fourth-order valence-corrected chi connectivity index (χ4v) is 3.67. The SMILES string of the molecule is O=C(O)[C@H](Cc1cc(Cl)ccc1Oc1ccccc1)Sc1ccccc1. The van der Waals surface area contributed by atoms with E-state index in [1.54, 1.807) is 18.2 Å². The van der Waals surface area contributed by atoms with Gasteiger partial charge in [-0.3, -0.25) is 4.79 Å². The maximum atomic E-state index is 11.8. The predicted molar refractivity (Wildman–Crippen MR) is 105 cm³/mol. The maximum absolute atomic E-state index is 11.8. The van der Waals surface area contributed by atoms with Gasteiger partial charge in [0, 0.05) is 9.92 Å². The van der Waals surface area contributed by atoms with Gasteiger partial charge in [0.2, 0.25) is 0 Å². The first-order valence-corrected chi connectivity index (χ1v) is 9.33. The number of aliphatic carboxylic acids is 1. The molecule has 0 bridgehead atoms.